The molecule has 4 unspecified atom stereocenters. The van der Waals surface area contributed by atoms with Crippen LogP contribution in [-0.2, 0) is 32.0 Å². The Balaban J connectivity index is 2.21. The second-order valence-corrected chi connectivity index (χ2v) is 9.82. The number of phenols is 2. The van der Waals surface area contributed by atoms with Gasteiger partial charge in [0, 0.05) is 12.8 Å². The zero-order chi connectivity index (χ0) is 28.9. The van der Waals surface area contributed by atoms with Crippen LogP contribution >= 0.6 is 11.8 Å². The highest BCUT2D eigenvalue weighted by Gasteiger charge is 2.30. The number of nitrogens with one attached hydrogen (secondary N) is 3. The molecule has 0 fully saturated rings. The number of nitrogens with two attached hydrogens (primary N) is 1. The van der Waals surface area contributed by atoms with Crippen molar-refractivity contribution in [2.75, 3.05) is 18.6 Å². The molecule has 0 aliphatic rings. The number of hydrogen-bond acceptors (Lipinski definition) is 9. The van der Waals surface area contributed by atoms with Crippen LogP contribution in [0.2, 0.25) is 0 Å². The van der Waals surface area contributed by atoms with Gasteiger partial charge in [0.15, 0.2) is 0 Å². The van der Waals surface area contributed by atoms with Gasteiger partial charge in [-0.25, -0.2) is 4.79 Å². The molecule has 0 aliphatic heterocycles. The summed E-state index contributed by atoms with van der Waals surface area (Å²) in [5.41, 5.74) is 6.75. The maximum absolute atomic E-state index is 13.3. The summed E-state index contributed by atoms with van der Waals surface area (Å²) in [5, 5.41) is 45.4. The van der Waals surface area contributed by atoms with Gasteiger partial charge in [0.25, 0.3) is 0 Å². The van der Waals surface area contributed by atoms with Crippen LogP contribution in [0.5, 0.6) is 11.5 Å². The fraction of sp³-hybridized carbons (Fsp3) is 0.385. The van der Waals surface area contributed by atoms with E-state index in [0.29, 0.717) is 16.9 Å². The Kier molecular flexibility index (Phi) is 12.5. The Bertz CT molecular complexity index is 1110. The molecule has 0 bridgehead atoms. The van der Waals surface area contributed by atoms with Gasteiger partial charge in [-0.1, -0.05) is 24.3 Å². The maximum atomic E-state index is 13.3. The molecule has 3 amide bonds. The topological polar surface area (TPSA) is 211 Å². The van der Waals surface area contributed by atoms with Gasteiger partial charge in [-0.3, -0.25) is 14.4 Å². The number of amides is 3. The number of carboxylic acid groups (broad SMARTS) is 1. The third kappa shape index (κ3) is 10.5. The Morgan fingerprint density at radius 2 is 1.21 bits per heavy atom. The van der Waals surface area contributed by atoms with E-state index in [9.17, 15) is 39.6 Å². The quantitative estimate of drug-likeness (QED) is 0.139. The van der Waals surface area contributed by atoms with Crippen LogP contribution < -0.4 is 21.7 Å². The van der Waals surface area contributed by atoms with Crippen LogP contribution in [0.15, 0.2) is 48.5 Å². The number of phenolic OH excluding ortho intramolecular Hbond substituents is 2. The van der Waals surface area contributed by atoms with Crippen molar-refractivity contribution < 1.29 is 39.6 Å². The highest BCUT2D eigenvalue weighted by atomic mass is 32.2. The molecule has 12 nitrogen and oxygen atoms in total. The van der Waals surface area contributed by atoms with Gasteiger partial charge in [0.1, 0.15) is 35.7 Å². The molecule has 13 heteroatoms. The summed E-state index contributed by atoms with van der Waals surface area (Å²) in [6.07, 6.45) is 1.93. The lowest BCUT2D eigenvalue weighted by molar-refractivity contribution is -0.142. The maximum Gasteiger partial charge on any atom is 0.326 e. The van der Waals surface area contributed by atoms with Crippen LogP contribution in [0, 0.1) is 0 Å². The molecule has 0 spiro atoms. The highest BCUT2D eigenvalue weighted by molar-refractivity contribution is 7.98. The zero-order valence-electron chi connectivity index (χ0n) is 21.4. The molecular weight excluding hydrogens is 528 g/mol. The van der Waals surface area contributed by atoms with E-state index < -0.39 is 54.5 Å². The van der Waals surface area contributed by atoms with Gasteiger partial charge in [-0.15, -0.1) is 0 Å². The van der Waals surface area contributed by atoms with E-state index in [2.05, 4.69) is 16.0 Å². The van der Waals surface area contributed by atoms with E-state index in [1.807, 2.05) is 6.26 Å². The first-order valence-electron chi connectivity index (χ1n) is 12.1. The van der Waals surface area contributed by atoms with Crippen LogP contribution in [0.1, 0.15) is 17.5 Å². The minimum atomic E-state index is -1.30. The average molecular weight is 563 g/mol. The van der Waals surface area contributed by atoms with Crippen LogP contribution in [-0.4, -0.2) is 86.9 Å². The van der Waals surface area contributed by atoms with Gasteiger partial charge in [0.05, 0.1) is 6.61 Å². The van der Waals surface area contributed by atoms with Crippen molar-refractivity contribution in [3.63, 3.8) is 0 Å². The fourth-order valence-corrected chi connectivity index (χ4v) is 4.03. The summed E-state index contributed by atoms with van der Waals surface area (Å²) >= 11 is 1.42. The molecule has 0 heterocycles. The summed E-state index contributed by atoms with van der Waals surface area (Å²) in [6.45, 7) is -0.643. The number of aliphatic hydroxyl groups is 1. The van der Waals surface area contributed by atoms with E-state index in [1.165, 1.54) is 48.2 Å². The molecule has 0 aromatic heterocycles. The lowest BCUT2D eigenvalue weighted by Gasteiger charge is -2.25. The van der Waals surface area contributed by atoms with Crippen molar-refractivity contribution in [3.8, 4) is 11.5 Å². The fourth-order valence-electron chi connectivity index (χ4n) is 3.56. The number of carbonyl (C=O) groups excluding carboxylic acids is 3. The first-order chi connectivity index (χ1) is 18.5. The number of aromatic hydroxyl groups is 2. The third-order valence-corrected chi connectivity index (χ3v) is 6.42. The van der Waals surface area contributed by atoms with Gasteiger partial charge < -0.3 is 42.1 Å². The SMILES string of the molecule is CSCCC(NC(=O)C(Cc1ccc(O)cc1)NC(=O)C(N)CO)C(=O)NC(Cc1ccc(O)cc1)C(=O)O. The summed E-state index contributed by atoms with van der Waals surface area (Å²) in [6, 6.07) is 6.98. The molecule has 39 heavy (non-hydrogen) atoms. The molecule has 2 rings (SSSR count). The number of aliphatic hydroxyl groups excluding tert-OH is 1. The van der Waals surface area contributed by atoms with Gasteiger partial charge in [0.2, 0.25) is 17.7 Å². The molecule has 9 N–H and O–H groups in total. The lowest BCUT2D eigenvalue weighted by atomic mass is 10.0. The van der Waals surface area contributed by atoms with Crippen molar-refractivity contribution in [1.82, 2.24) is 16.0 Å². The molecule has 0 saturated carbocycles. The van der Waals surface area contributed by atoms with Crippen LogP contribution in [0.3, 0.4) is 0 Å². The zero-order valence-corrected chi connectivity index (χ0v) is 22.2. The molecule has 0 saturated heterocycles. The van der Waals surface area contributed by atoms with Crippen molar-refractivity contribution in [3.05, 3.63) is 59.7 Å². The predicted octanol–water partition coefficient (Wildman–Crippen LogP) is -0.505. The van der Waals surface area contributed by atoms with E-state index in [-0.39, 0.29) is 30.8 Å². The van der Waals surface area contributed by atoms with Crippen LogP contribution in [0.25, 0.3) is 0 Å². The minimum absolute atomic E-state index is 0.00846. The summed E-state index contributed by atoms with van der Waals surface area (Å²) in [7, 11) is 0. The second kappa shape index (κ2) is 15.6. The molecular formula is C26H34N4O8S. The number of carboxylic acids is 1. The van der Waals surface area contributed by atoms with E-state index in [1.54, 1.807) is 12.1 Å². The molecule has 4 atom stereocenters. The first-order valence-corrected chi connectivity index (χ1v) is 13.5. The van der Waals surface area contributed by atoms with E-state index in [0.717, 1.165) is 0 Å². The number of rotatable bonds is 15. The number of thioether (sulfide) groups is 1. The molecule has 212 valence electrons. The largest absolute Gasteiger partial charge is 0.508 e. The van der Waals surface area contributed by atoms with Gasteiger partial charge in [-0.2, -0.15) is 11.8 Å². The smallest absolute Gasteiger partial charge is 0.326 e. The highest BCUT2D eigenvalue weighted by Crippen LogP contribution is 2.13. The predicted molar refractivity (Wildman–Crippen MR) is 145 cm³/mol. The Labute approximate surface area is 230 Å². The number of benzene rings is 2. The molecule has 0 radical (unpaired) electrons. The van der Waals surface area contributed by atoms with Crippen molar-refractivity contribution in [1.29, 1.82) is 0 Å². The summed E-state index contributed by atoms with van der Waals surface area (Å²) < 4.78 is 0. The lowest BCUT2D eigenvalue weighted by Crippen LogP contribution is -2.58. The van der Waals surface area contributed by atoms with E-state index >= 15 is 0 Å². The van der Waals surface area contributed by atoms with Crippen LogP contribution in [0.4, 0.5) is 0 Å². The second-order valence-electron chi connectivity index (χ2n) is 8.83. The summed E-state index contributed by atoms with van der Waals surface area (Å²) in [5.74, 6) is -2.98. The van der Waals surface area contributed by atoms with Crippen molar-refractivity contribution >= 4 is 35.5 Å². The molecule has 0 aliphatic carbocycles. The number of carbonyl (C=O) groups is 4. The normalized spacial score (nSPS) is 13.9. The van der Waals surface area contributed by atoms with Gasteiger partial charge >= 0.3 is 5.97 Å². The Hall–Kier alpha value is -3.81. The van der Waals surface area contributed by atoms with E-state index in [4.69, 9.17) is 5.73 Å². The monoisotopic (exact) mass is 562 g/mol. The molecule has 2 aromatic carbocycles. The van der Waals surface area contributed by atoms with Crippen molar-refractivity contribution in [2.24, 2.45) is 5.73 Å². The minimum Gasteiger partial charge on any atom is -0.508 e. The Morgan fingerprint density at radius 3 is 1.67 bits per heavy atom. The number of aliphatic carboxylic acids is 1. The average Bonchev–Trinajstić information content (AvgIpc) is 2.91. The van der Waals surface area contributed by atoms with Gasteiger partial charge in [-0.05, 0) is 53.8 Å². The third-order valence-electron chi connectivity index (χ3n) is 5.78. The Morgan fingerprint density at radius 1 is 0.769 bits per heavy atom. The first kappa shape index (κ1) is 31.4. The standard InChI is InChI=1S/C26H34N4O8S/c1-39-11-10-20(24(35)30-22(26(37)38)13-16-4-8-18(33)9-5-16)28-25(36)21(29-23(34)19(27)14-31)12-15-2-6-17(32)7-3-15/h2-9,19-22,31-33H,10-14,27H2,1H3,(H,28,36)(H,29,34)(H,30,35)(H,37,38). The molecule has 2 aromatic rings. The number of hydrogen-bond donors (Lipinski definition) is 8. The van der Waals surface area contributed by atoms with Crippen molar-refractivity contribution in [2.45, 2.75) is 43.4 Å². The summed E-state index contributed by atoms with van der Waals surface area (Å²) in [4.78, 5) is 50.6.